The Morgan fingerprint density at radius 1 is 1.32 bits per heavy atom. The van der Waals surface area contributed by atoms with Crippen molar-refractivity contribution in [3.63, 3.8) is 0 Å². The van der Waals surface area contributed by atoms with Crippen molar-refractivity contribution in [1.82, 2.24) is 10.3 Å². The van der Waals surface area contributed by atoms with Gasteiger partial charge in [-0.05, 0) is 29.3 Å². The van der Waals surface area contributed by atoms with Gasteiger partial charge in [0.05, 0.1) is 14.2 Å². The van der Waals surface area contributed by atoms with E-state index in [1.807, 2.05) is 6.92 Å². The van der Waals surface area contributed by atoms with Crippen molar-refractivity contribution in [2.24, 2.45) is 0 Å². The van der Waals surface area contributed by atoms with E-state index in [1.165, 1.54) is 14.2 Å². The average Bonchev–Trinajstić information content (AvgIpc) is 3.00. The van der Waals surface area contributed by atoms with E-state index in [2.05, 4.69) is 20.3 Å². The van der Waals surface area contributed by atoms with E-state index in [0.29, 0.717) is 29.2 Å². The second kappa shape index (κ2) is 7.13. The van der Waals surface area contributed by atoms with E-state index in [4.69, 9.17) is 21.1 Å². The molecule has 7 nitrogen and oxygen atoms in total. The molecule has 2 aromatic rings. The van der Waals surface area contributed by atoms with Gasteiger partial charge in [0.2, 0.25) is 11.7 Å². The number of aryl methyl sites for hydroxylation is 1. The van der Waals surface area contributed by atoms with Crippen LogP contribution in [-0.2, 0) is 11.2 Å². The number of nitrogens with zero attached hydrogens (tertiary/aromatic N) is 2. The Kier molecular flexibility index (Phi) is 5.21. The summed E-state index contributed by atoms with van der Waals surface area (Å²) in [7, 11) is 3.05. The molecule has 118 valence electrons. The third-order valence-electron chi connectivity index (χ3n) is 3.06. The van der Waals surface area contributed by atoms with Crippen molar-refractivity contribution in [1.29, 1.82) is 0 Å². The lowest BCUT2D eigenvalue weighted by molar-refractivity contribution is -0.116. The highest BCUT2D eigenvalue weighted by Gasteiger charge is 2.22. The molecule has 0 saturated carbocycles. The lowest BCUT2D eigenvalue weighted by Gasteiger charge is -2.13. The number of alkyl halides is 1. The van der Waals surface area contributed by atoms with E-state index in [9.17, 15) is 4.79 Å². The standard InChI is InChI=1S/C14H16ClN3O4/c1-4-9-13(18-22-17-9)16-14(19)12(15)8-5-6-10(20-2)11(7-8)21-3/h5-7,12H,4H2,1-3H3,(H,16,18,19). The number of aromatic nitrogens is 2. The summed E-state index contributed by atoms with van der Waals surface area (Å²) in [6.07, 6.45) is 0.586. The van der Waals surface area contributed by atoms with Gasteiger partial charge < -0.3 is 14.8 Å². The SMILES string of the molecule is CCc1nonc1NC(=O)C(Cl)c1ccc(OC)c(OC)c1. The first kappa shape index (κ1) is 16.1. The molecule has 1 atom stereocenters. The Bertz CT molecular complexity index is 659. The van der Waals surface area contributed by atoms with Gasteiger partial charge in [-0.2, -0.15) is 0 Å². The molecule has 0 fully saturated rings. The molecule has 0 aliphatic rings. The number of amides is 1. The van der Waals surface area contributed by atoms with Crippen molar-refractivity contribution in [3.8, 4) is 11.5 Å². The monoisotopic (exact) mass is 325 g/mol. The van der Waals surface area contributed by atoms with Gasteiger partial charge in [0.15, 0.2) is 11.5 Å². The van der Waals surface area contributed by atoms with Crippen LogP contribution >= 0.6 is 11.6 Å². The number of methoxy groups -OCH3 is 2. The molecular weight excluding hydrogens is 310 g/mol. The third-order valence-corrected chi connectivity index (χ3v) is 3.51. The van der Waals surface area contributed by atoms with Crippen LogP contribution in [0.2, 0.25) is 0 Å². The highest BCUT2D eigenvalue weighted by molar-refractivity contribution is 6.32. The first-order chi connectivity index (χ1) is 10.6. The summed E-state index contributed by atoms with van der Waals surface area (Å²) in [4.78, 5) is 12.2. The lowest BCUT2D eigenvalue weighted by Crippen LogP contribution is -2.18. The molecule has 0 aliphatic heterocycles. The molecule has 1 heterocycles. The number of carbonyl (C=O) groups is 1. The number of anilines is 1. The van der Waals surface area contributed by atoms with Crippen LogP contribution in [0, 0.1) is 0 Å². The molecule has 8 heteroatoms. The van der Waals surface area contributed by atoms with Crippen molar-refractivity contribution in [2.45, 2.75) is 18.7 Å². The topological polar surface area (TPSA) is 86.5 Å². The molecular formula is C14H16ClN3O4. The van der Waals surface area contributed by atoms with Crippen LogP contribution in [0.3, 0.4) is 0 Å². The molecule has 0 bridgehead atoms. The highest BCUT2D eigenvalue weighted by Crippen LogP contribution is 2.32. The maximum atomic E-state index is 12.2. The third kappa shape index (κ3) is 3.30. The average molecular weight is 326 g/mol. The maximum Gasteiger partial charge on any atom is 0.248 e. The van der Waals surface area contributed by atoms with Crippen LogP contribution < -0.4 is 14.8 Å². The minimum Gasteiger partial charge on any atom is -0.493 e. The summed E-state index contributed by atoms with van der Waals surface area (Å²) in [6.45, 7) is 1.88. The summed E-state index contributed by atoms with van der Waals surface area (Å²) in [5.41, 5.74) is 1.14. The van der Waals surface area contributed by atoms with Gasteiger partial charge in [-0.1, -0.05) is 18.1 Å². The van der Waals surface area contributed by atoms with E-state index < -0.39 is 11.3 Å². The zero-order valence-corrected chi connectivity index (χ0v) is 13.2. The molecule has 1 amide bonds. The molecule has 0 spiro atoms. The zero-order valence-electron chi connectivity index (χ0n) is 12.4. The molecule has 22 heavy (non-hydrogen) atoms. The molecule has 0 radical (unpaired) electrons. The molecule has 1 N–H and O–H groups in total. The fraction of sp³-hybridized carbons (Fsp3) is 0.357. The van der Waals surface area contributed by atoms with Gasteiger partial charge in [0, 0.05) is 0 Å². The number of ether oxygens (including phenoxy) is 2. The molecule has 1 aromatic carbocycles. The van der Waals surface area contributed by atoms with Crippen molar-refractivity contribution in [2.75, 3.05) is 19.5 Å². The number of hydrogen-bond donors (Lipinski definition) is 1. The second-order valence-corrected chi connectivity index (χ2v) is 4.82. The van der Waals surface area contributed by atoms with Gasteiger partial charge in [-0.15, -0.1) is 11.6 Å². The molecule has 1 aromatic heterocycles. The molecule has 0 saturated heterocycles. The molecule has 2 rings (SSSR count). The Hall–Kier alpha value is -2.28. The molecule has 1 unspecified atom stereocenters. The highest BCUT2D eigenvalue weighted by atomic mass is 35.5. The van der Waals surface area contributed by atoms with Gasteiger partial charge >= 0.3 is 0 Å². The Balaban J connectivity index is 2.17. The summed E-state index contributed by atoms with van der Waals surface area (Å²) in [5.74, 6) is 0.901. The molecule has 0 aliphatic carbocycles. The first-order valence-corrected chi connectivity index (χ1v) is 7.02. The summed E-state index contributed by atoms with van der Waals surface area (Å²) >= 11 is 6.21. The summed E-state index contributed by atoms with van der Waals surface area (Å²) in [5, 5.41) is 9.01. The van der Waals surface area contributed by atoms with Crippen LogP contribution in [0.1, 0.15) is 23.6 Å². The predicted molar refractivity (Wildman–Crippen MR) is 80.4 cm³/mol. The normalized spacial score (nSPS) is 11.8. The summed E-state index contributed by atoms with van der Waals surface area (Å²) in [6, 6.07) is 5.03. The number of nitrogens with one attached hydrogen (secondary N) is 1. The zero-order chi connectivity index (χ0) is 16.1. The Morgan fingerprint density at radius 2 is 2.05 bits per heavy atom. The summed E-state index contributed by atoms with van der Waals surface area (Å²) < 4.78 is 14.9. The maximum absolute atomic E-state index is 12.2. The van der Waals surface area contributed by atoms with Crippen molar-refractivity contribution < 1.29 is 18.9 Å². The Labute approximate surface area is 132 Å². The number of carbonyl (C=O) groups excluding carboxylic acids is 1. The van der Waals surface area contributed by atoms with Gasteiger partial charge in [0.25, 0.3) is 0 Å². The minimum absolute atomic E-state index is 0.277. The predicted octanol–water partition coefficient (Wildman–Crippen LogP) is 2.57. The van der Waals surface area contributed by atoms with Crippen molar-refractivity contribution >= 4 is 23.3 Å². The van der Waals surface area contributed by atoms with Crippen molar-refractivity contribution in [3.05, 3.63) is 29.5 Å². The first-order valence-electron chi connectivity index (χ1n) is 6.59. The fourth-order valence-corrected chi connectivity index (χ4v) is 2.07. The van der Waals surface area contributed by atoms with E-state index >= 15 is 0 Å². The minimum atomic E-state index is -0.916. The smallest absolute Gasteiger partial charge is 0.248 e. The van der Waals surface area contributed by atoms with Gasteiger partial charge in [-0.3, -0.25) is 4.79 Å². The quantitative estimate of drug-likeness (QED) is 0.821. The second-order valence-electron chi connectivity index (χ2n) is 4.38. The number of benzene rings is 1. The van der Waals surface area contributed by atoms with Gasteiger partial charge in [-0.25, -0.2) is 4.63 Å². The fourth-order valence-electron chi connectivity index (χ4n) is 1.88. The van der Waals surface area contributed by atoms with E-state index in [0.717, 1.165) is 0 Å². The van der Waals surface area contributed by atoms with Crippen LogP contribution in [0.15, 0.2) is 22.8 Å². The van der Waals surface area contributed by atoms with Crippen LogP contribution in [0.5, 0.6) is 11.5 Å². The van der Waals surface area contributed by atoms with Crippen LogP contribution in [0.4, 0.5) is 5.82 Å². The number of rotatable bonds is 6. The van der Waals surface area contributed by atoms with E-state index in [-0.39, 0.29) is 5.82 Å². The Morgan fingerprint density at radius 3 is 2.68 bits per heavy atom. The van der Waals surface area contributed by atoms with Crippen LogP contribution in [0.25, 0.3) is 0 Å². The number of halogens is 1. The largest absolute Gasteiger partial charge is 0.493 e. The number of hydrogen-bond acceptors (Lipinski definition) is 6. The van der Waals surface area contributed by atoms with E-state index in [1.54, 1.807) is 18.2 Å². The van der Waals surface area contributed by atoms with Gasteiger partial charge in [0.1, 0.15) is 11.1 Å². The lowest BCUT2D eigenvalue weighted by atomic mass is 10.1. The van der Waals surface area contributed by atoms with Crippen LogP contribution in [-0.4, -0.2) is 30.4 Å².